The smallest absolute Gasteiger partial charge is 0.237 e. The molecule has 1 aliphatic rings. The summed E-state index contributed by atoms with van der Waals surface area (Å²) in [7, 11) is 2.03. The molecule has 2 atom stereocenters. The van der Waals surface area contributed by atoms with Crippen LogP contribution in [0.15, 0.2) is 43.0 Å². The lowest BCUT2D eigenvalue weighted by molar-refractivity contribution is -0.133. The Morgan fingerprint density at radius 2 is 2.09 bits per heavy atom. The van der Waals surface area contributed by atoms with Crippen LogP contribution in [0, 0.1) is 0 Å². The molecular weight excluding hydrogens is 272 g/mol. The summed E-state index contributed by atoms with van der Waals surface area (Å²) in [5, 5.41) is 0. The minimum atomic E-state index is 0.222. The molecule has 3 heteroatoms. The Kier molecular flexibility index (Phi) is 6.20. The molecule has 1 heterocycles. The number of amides is 1. The fraction of sp³-hybridized carbons (Fsp3) is 0.526. The van der Waals surface area contributed by atoms with Crippen LogP contribution in [0.3, 0.4) is 0 Å². The quantitative estimate of drug-likeness (QED) is 0.722. The van der Waals surface area contributed by atoms with Gasteiger partial charge in [-0.25, -0.2) is 0 Å². The number of hydrogen-bond donors (Lipinski definition) is 0. The van der Waals surface area contributed by atoms with E-state index < -0.39 is 0 Å². The first-order valence-corrected chi connectivity index (χ1v) is 8.28. The SMILES string of the molecule is C=C[C@@H]1CC[C@@H](C)N1C(=O)CN(C)CCCc1ccccc1. The van der Waals surface area contributed by atoms with E-state index in [1.165, 1.54) is 5.56 Å². The third-order valence-corrected chi connectivity index (χ3v) is 4.53. The van der Waals surface area contributed by atoms with Gasteiger partial charge in [-0.1, -0.05) is 36.4 Å². The Hall–Kier alpha value is -1.61. The van der Waals surface area contributed by atoms with Gasteiger partial charge in [0, 0.05) is 6.04 Å². The fourth-order valence-electron chi connectivity index (χ4n) is 3.27. The summed E-state index contributed by atoms with van der Waals surface area (Å²) in [5.74, 6) is 0.233. The monoisotopic (exact) mass is 300 g/mol. The molecule has 0 unspecified atom stereocenters. The van der Waals surface area contributed by atoms with Crippen LogP contribution < -0.4 is 0 Å². The third-order valence-electron chi connectivity index (χ3n) is 4.53. The first kappa shape index (κ1) is 16.8. The number of likely N-dealkylation sites (tertiary alicyclic amines) is 1. The van der Waals surface area contributed by atoms with Crippen molar-refractivity contribution >= 4 is 5.91 Å². The van der Waals surface area contributed by atoms with Crippen molar-refractivity contribution in [2.24, 2.45) is 0 Å². The fourth-order valence-corrected chi connectivity index (χ4v) is 3.27. The van der Waals surface area contributed by atoms with E-state index in [-0.39, 0.29) is 11.9 Å². The van der Waals surface area contributed by atoms with Gasteiger partial charge in [0.2, 0.25) is 5.91 Å². The number of likely N-dealkylation sites (N-methyl/N-ethyl adjacent to an activating group) is 1. The zero-order valence-corrected chi connectivity index (χ0v) is 13.9. The highest BCUT2D eigenvalue weighted by molar-refractivity contribution is 5.79. The second-order valence-electron chi connectivity index (χ2n) is 6.36. The van der Waals surface area contributed by atoms with Gasteiger partial charge < -0.3 is 4.90 Å². The molecule has 1 aliphatic heterocycles. The van der Waals surface area contributed by atoms with Crippen molar-refractivity contribution in [3.05, 3.63) is 48.6 Å². The molecule has 0 saturated carbocycles. The minimum Gasteiger partial charge on any atom is -0.332 e. The molecule has 1 amide bonds. The summed E-state index contributed by atoms with van der Waals surface area (Å²) in [6.45, 7) is 7.45. The summed E-state index contributed by atoms with van der Waals surface area (Å²) in [6.07, 6.45) is 6.19. The second-order valence-corrected chi connectivity index (χ2v) is 6.36. The van der Waals surface area contributed by atoms with Crippen LogP contribution in [0.5, 0.6) is 0 Å². The normalized spacial score (nSPS) is 21.3. The first-order chi connectivity index (χ1) is 10.6. The van der Waals surface area contributed by atoms with Crippen LogP contribution in [0.1, 0.15) is 31.7 Å². The summed E-state index contributed by atoms with van der Waals surface area (Å²) in [6, 6.07) is 11.1. The van der Waals surface area contributed by atoms with E-state index in [1.54, 1.807) is 0 Å². The Bertz CT molecular complexity index is 485. The van der Waals surface area contributed by atoms with E-state index in [0.717, 1.165) is 32.2 Å². The van der Waals surface area contributed by atoms with Crippen LogP contribution in [-0.2, 0) is 11.2 Å². The summed E-state index contributed by atoms with van der Waals surface area (Å²) < 4.78 is 0. The topological polar surface area (TPSA) is 23.6 Å². The van der Waals surface area contributed by atoms with Gasteiger partial charge in [0.05, 0.1) is 12.6 Å². The average Bonchev–Trinajstić information content (AvgIpc) is 2.89. The maximum Gasteiger partial charge on any atom is 0.237 e. The zero-order valence-electron chi connectivity index (χ0n) is 13.9. The predicted octanol–water partition coefficient (Wildman–Crippen LogP) is 3.12. The van der Waals surface area contributed by atoms with Crippen LogP contribution in [0.25, 0.3) is 0 Å². The van der Waals surface area contributed by atoms with Crippen LogP contribution >= 0.6 is 0 Å². The second kappa shape index (κ2) is 8.14. The molecule has 22 heavy (non-hydrogen) atoms. The Morgan fingerprint density at radius 1 is 1.36 bits per heavy atom. The number of rotatable bonds is 7. The lowest BCUT2D eigenvalue weighted by Crippen LogP contribution is -2.44. The van der Waals surface area contributed by atoms with Crippen LogP contribution in [0.2, 0.25) is 0 Å². The molecule has 0 aliphatic carbocycles. The standard InChI is InChI=1S/C19H28N2O/c1-4-18-13-12-16(2)21(18)19(22)15-20(3)14-8-11-17-9-6-5-7-10-17/h4-7,9-10,16,18H,1,8,11-15H2,2-3H3/t16-,18-/m1/s1. The van der Waals surface area contributed by atoms with Crippen molar-refractivity contribution in [2.45, 2.75) is 44.7 Å². The summed E-state index contributed by atoms with van der Waals surface area (Å²) >= 11 is 0. The van der Waals surface area contributed by atoms with Crippen molar-refractivity contribution < 1.29 is 4.79 Å². The number of carbonyl (C=O) groups excluding carboxylic acids is 1. The molecule has 0 bridgehead atoms. The molecule has 1 aromatic rings. The molecule has 2 rings (SSSR count). The Morgan fingerprint density at radius 3 is 2.77 bits per heavy atom. The Labute approximate surface area is 134 Å². The highest BCUT2D eigenvalue weighted by Crippen LogP contribution is 2.24. The van der Waals surface area contributed by atoms with E-state index in [4.69, 9.17) is 0 Å². The van der Waals surface area contributed by atoms with Gasteiger partial charge in [-0.3, -0.25) is 9.69 Å². The van der Waals surface area contributed by atoms with Gasteiger partial charge in [-0.15, -0.1) is 6.58 Å². The van der Waals surface area contributed by atoms with Crippen molar-refractivity contribution in [1.29, 1.82) is 0 Å². The predicted molar refractivity (Wildman–Crippen MR) is 91.8 cm³/mol. The molecule has 0 radical (unpaired) electrons. The summed E-state index contributed by atoms with van der Waals surface area (Å²) in [4.78, 5) is 16.7. The number of carbonyl (C=O) groups is 1. The zero-order chi connectivity index (χ0) is 15.9. The highest BCUT2D eigenvalue weighted by atomic mass is 16.2. The number of hydrogen-bond acceptors (Lipinski definition) is 2. The first-order valence-electron chi connectivity index (χ1n) is 8.28. The van der Waals surface area contributed by atoms with Crippen molar-refractivity contribution in [2.75, 3.05) is 20.1 Å². The van der Waals surface area contributed by atoms with Gasteiger partial charge in [0.25, 0.3) is 0 Å². The minimum absolute atomic E-state index is 0.222. The summed E-state index contributed by atoms with van der Waals surface area (Å²) in [5.41, 5.74) is 1.36. The average molecular weight is 300 g/mol. The van der Waals surface area contributed by atoms with E-state index in [9.17, 15) is 4.79 Å². The van der Waals surface area contributed by atoms with E-state index in [1.807, 2.05) is 24.1 Å². The van der Waals surface area contributed by atoms with Crippen molar-refractivity contribution in [3.63, 3.8) is 0 Å². The van der Waals surface area contributed by atoms with Crippen LogP contribution in [0.4, 0.5) is 0 Å². The van der Waals surface area contributed by atoms with E-state index >= 15 is 0 Å². The molecule has 1 saturated heterocycles. The number of benzene rings is 1. The van der Waals surface area contributed by atoms with Crippen LogP contribution in [-0.4, -0.2) is 47.9 Å². The van der Waals surface area contributed by atoms with Gasteiger partial charge in [-0.2, -0.15) is 0 Å². The maximum atomic E-state index is 12.5. The molecule has 0 aromatic heterocycles. The Balaban J connectivity index is 1.75. The molecule has 120 valence electrons. The van der Waals surface area contributed by atoms with Gasteiger partial charge in [0.1, 0.15) is 0 Å². The lowest BCUT2D eigenvalue weighted by atomic mass is 10.1. The van der Waals surface area contributed by atoms with Gasteiger partial charge >= 0.3 is 0 Å². The van der Waals surface area contributed by atoms with E-state index in [0.29, 0.717) is 12.6 Å². The van der Waals surface area contributed by atoms with Crippen molar-refractivity contribution in [3.8, 4) is 0 Å². The molecule has 3 nitrogen and oxygen atoms in total. The molecule has 0 N–H and O–H groups in total. The largest absolute Gasteiger partial charge is 0.332 e. The maximum absolute atomic E-state index is 12.5. The molecule has 0 spiro atoms. The molecular formula is C19H28N2O. The van der Waals surface area contributed by atoms with Gasteiger partial charge in [0.15, 0.2) is 0 Å². The molecule has 1 fully saturated rings. The van der Waals surface area contributed by atoms with Gasteiger partial charge in [-0.05, 0) is 51.8 Å². The molecule has 1 aromatic carbocycles. The van der Waals surface area contributed by atoms with Crippen molar-refractivity contribution in [1.82, 2.24) is 9.80 Å². The number of aryl methyl sites for hydroxylation is 1. The lowest BCUT2D eigenvalue weighted by Gasteiger charge is -2.29. The highest BCUT2D eigenvalue weighted by Gasteiger charge is 2.32. The van der Waals surface area contributed by atoms with E-state index in [2.05, 4.69) is 42.7 Å². The number of nitrogens with zero attached hydrogens (tertiary/aromatic N) is 2. The third kappa shape index (κ3) is 4.44.